The van der Waals surface area contributed by atoms with E-state index >= 15 is 0 Å². The Morgan fingerprint density at radius 3 is 2.95 bits per heavy atom. The number of aromatic nitrogens is 1. The van der Waals surface area contributed by atoms with Crippen molar-refractivity contribution in [1.82, 2.24) is 4.98 Å². The number of nitrogens with one attached hydrogen (secondary N) is 1. The standard InChI is InChI=1S/C12H15N3O4/c13-11(16)7-3-4-14-10(5-7)15-6-8-1-2-9(19-8)12(17)18/h3-5,8-9H,1-2,6H2,(H2,13,16)(H,14,15)(H,17,18). The van der Waals surface area contributed by atoms with E-state index in [1.807, 2.05) is 0 Å². The van der Waals surface area contributed by atoms with Gasteiger partial charge < -0.3 is 20.9 Å². The highest BCUT2D eigenvalue weighted by atomic mass is 16.5. The third kappa shape index (κ3) is 3.41. The number of hydrogen-bond donors (Lipinski definition) is 3. The van der Waals surface area contributed by atoms with Gasteiger partial charge in [0.2, 0.25) is 5.91 Å². The Balaban J connectivity index is 1.88. The molecule has 4 N–H and O–H groups in total. The molecule has 1 aromatic heterocycles. The first-order valence-corrected chi connectivity index (χ1v) is 5.94. The van der Waals surface area contributed by atoms with Crippen LogP contribution in [0.15, 0.2) is 18.3 Å². The Bertz CT molecular complexity index is 492. The fourth-order valence-corrected chi connectivity index (χ4v) is 1.94. The summed E-state index contributed by atoms with van der Waals surface area (Å²) in [5, 5.41) is 11.8. The van der Waals surface area contributed by atoms with Crippen molar-refractivity contribution in [2.45, 2.75) is 25.0 Å². The van der Waals surface area contributed by atoms with Gasteiger partial charge in [-0.15, -0.1) is 0 Å². The number of aliphatic carboxylic acids is 1. The molecule has 2 atom stereocenters. The van der Waals surface area contributed by atoms with E-state index in [4.69, 9.17) is 15.6 Å². The van der Waals surface area contributed by atoms with E-state index in [9.17, 15) is 9.59 Å². The van der Waals surface area contributed by atoms with Crippen LogP contribution in [0.2, 0.25) is 0 Å². The lowest BCUT2D eigenvalue weighted by Gasteiger charge is -2.12. The minimum atomic E-state index is -0.934. The molecule has 1 fully saturated rings. The molecule has 2 rings (SSSR count). The summed E-state index contributed by atoms with van der Waals surface area (Å²) in [6, 6.07) is 3.08. The highest BCUT2D eigenvalue weighted by molar-refractivity contribution is 5.93. The van der Waals surface area contributed by atoms with Crippen molar-refractivity contribution < 1.29 is 19.4 Å². The van der Waals surface area contributed by atoms with Gasteiger partial charge in [0.05, 0.1) is 6.10 Å². The van der Waals surface area contributed by atoms with Crippen molar-refractivity contribution in [3.05, 3.63) is 23.9 Å². The van der Waals surface area contributed by atoms with Crippen molar-refractivity contribution in [3.63, 3.8) is 0 Å². The number of rotatable bonds is 5. The Labute approximate surface area is 109 Å². The Morgan fingerprint density at radius 1 is 1.53 bits per heavy atom. The summed E-state index contributed by atoms with van der Waals surface area (Å²) < 4.78 is 5.34. The topological polar surface area (TPSA) is 115 Å². The number of carboxylic acid groups (broad SMARTS) is 1. The average Bonchev–Trinajstić information content (AvgIpc) is 2.85. The van der Waals surface area contributed by atoms with E-state index in [0.29, 0.717) is 30.8 Å². The van der Waals surface area contributed by atoms with Gasteiger partial charge in [0.25, 0.3) is 0 Å². The molecule has 0 saturated carbocycles. The molecule has 19 heavy (non-hydrogen) atoms. The second-order valence-electron chi connectivity index (χ2n) is 4.34. The van der Waals surface area contributed by atoms with Crippen LogP contribution in [0.3, 0.4) is 0 Å². The fourth-order valence-electron chi connectivity index (χ4n) is 1.94. The lowest BCUT2D eigenvalue weighted by Crippen LogP contribution is -2.24. The molecule has 0 spiro atoms. The van der Waals surface area contributed by atoms with Gasteiger partial charge in [0.15, 0.2) is 6.10 Å². The van der Waals surface area contributed by atoms with Crippen LogP contribution in [0.1, 0.15) is 23.2 Å². The van der Waals surface area contributed by atoms with Crippen LogP contribution < -0.4 is 11.1 Å². The molecule has 0 aromatic carbocycles. The quantitative estimate of drug-likeness (QED) is 0.701. The molecule has 7 nitrogen and oxygen atoms in total. The van der Waals surface area contributed by atoms with Gasteiger partial charge in [0, 0.05) is 18.3 Å². The van der Waals surface area contributed by atoms with Crippen molar-refractivity contribution in [3.8, 4) is 0 Å². The second-order valence-corrected chi connectivity index (χ2v) is 4.34. The molecule has 0 bridgehead atoms. The summed E-state index contributed by atoms with van der Waals surface area (Å²) >= 11 is 0. The molecule has 0 aliphatic carbocycles. The van der Waals surface area contributed by atoms with Crippen molar-refractivity contribution in [2.75, 3.05) is 11.9 Å². The molecule has 1 aliphatic heterocycles. The highest BCUT2D eigenvalue weighted by Crippen LogP contribution is 2.20. The molecule has 102 valence electrons. The zero-order valence-electron chi connectivity index (χ0n) is 10.2. The van der Waals surface area contributed by atoms with E-state index < -0.39 is 18.0 Å². The number of nitrogens with two attached hydrogens (primary N) is 1. The van der Waals surface area contributed by atoms with Crippen LogP contribution in [0.4, 0.5) is 5.82 Å². The third-order valence-electron chi connectivity index (χ3n) is 2.94. The minimum absolute atomic E-state index is 0.167. The van der Waals surface area contributed by atoms with Crippen molar-refractivity contribution >= 4 is 17.7 Å². The zero-order chi connectivity index (χ0) is 13.8. The summed E-state index contributed by atoms with van der Waals surface area (Å²) in [7, 11) is 0. The van der Waals surface area contributed by atoms with Crippen LogP contribution in [-0.2, 0) is 9.53 Å². The summed E-state index contributed by atoms with van der Waals surface area (Å²) in [4.78, 5) is 25.8. The molecule has 2 unspecified atom stereocenters. The van der Waals surface area contributed by atoms with Crippen LogP contribution in [0.25, 0.3) is 0 Å². The van der Waals surface area contributed by atoms with Crippen LogP contribution in [0, 0.1) is 0 Å². The van der Waals surface area contributed by atoms with E-state index in [1.165, 1.54) is 12.3 Å². The number of nitrogens with zero attached hydrogens (tertiary/aromatic N) is 1. The molecule has 1 aliphatic rings. The van der Waals surface area contributed by atoms with Crippen molar-refractivity contribution in [1.29, 1.82) is 0 Å². The predicted octanol–water partition coefficient (Wildman–Crippen LogP) is 0.225. The molecular formula is C12H15N3O4. The maximum absolute atomic E-state index is 11.0. The Morgan fingerprint density at radius 2 is 2.32 bits per heavy atom. The maximum Gasteiger partial charge on any atom is 0.332 e. The fraction of sp³-hybridized carbons (Fsp3) is 0.417. The molecular weight excluding hydrogens is 250 g/mol. The highest BCUT2D eigenvalue weighted by Gasteiger charge is 2.30. The Hall–Kier alpha value is -2.15. The van der Waals surface area contributed by atoms with Gasteiger partial charge in [-0.3, -0.25) is 4.79 Å². The third-order valence-corrected chi connectivity index (χ3v) is 2.94. The van der Waals surface area contributed by atoms with E-state index in [0.717, 1.165) is 0 Å². The SMILES string of the molecule is NC(=O)c1ccnc(NCC2CCC(C(=O)O)O2)c1. The van der Waals surface area contributed by atoms with Crippen LogP contribution >= 0.6 is 0 Å². The number of anilines is 1. The first-order chi connectivity index (χ1) is 9.06. The lowest BCUT2D eigenvalue weighted by molar-refractivity contribution is -0.149. The van der Waals surface area contributed by atoms with E-state index in [1.54, 1.807) is 6.07 Å². The number of carbonyl (C=O) groups is 2. The van der Waals surface area contributed by atoms with Crippen molar-refractivity contribution in [2.24, 2.45) is 5.73 Å². The zero-order valence-corrected chi connectivity index (χ0v) is 10.2. The van der Waals surface area contributed by atoms with Crippen LogP contribution in [-0.4, -0.2) is 40.7 Å². The predicted molar refractivity (Wildman–Crippen MR) is 66.8 cm³/mol. The normalized spacial score (nSPS) is 22.1. The minimum Gasteiger partial charge on any atom is -0.479 e. The summed E-state index contributed by atoms with van der Waals surface area (Å²) in [6.07, 6.45) is 1.78. The first-order valence-electron chi connectivity index (χ1n) is 5.94. The Kier molecular flexibility index (Phi) is 3.96. The number of ether oxygens (including phenoxy) is 1. The molecule has 7 heteroatoms. The van der Waals surface area contributed by atoms with E-state index in [-0.39, 0.29) is 6.10 Å². The van der Waals surface area contributed by atoms with Gasteiger partial charge in [-0.1, -0.05) is 0 Å². The molecule has 2 heterocycles. The van der Waals surface area contributed by atoms with Gasteiger partial charge in [-0.2, -0.15) is 0 Å². The first kappa shape index (κ1) is 13.3. The smallest absolute Gasteiger partial charge is 0.332 e. The van der Waals surface area contributed by atoms with E-state index in [2.05, 4.69) is 10.3 Å². The van der Waals surface area contributed by atoms with Gasteiger partial charge in [-0.25, -0.2) is 9.78 Å². The van der Waals surface area contributed by atoms with Gasteiger partial charge in [-0.05, 0) is 25.0 Å². The maximum atomic E-state index is 11.0. The summed E-state index contributed by atoms with van der Waals surface area (Å²) in [6.45, 7) is 0.443. The molecule has 1 amide bonds. The molecule has 0 radical (unpaired) electrons. The summed E-state index contributed by atoms with van der Waals surface area (Å²) in [5.41, 5.74) is 5.54. The molecule has 1 aromatic rings. The molecule has 1 saturated heterocycles. The second kappa shape index (κ2) is 5.66. The monoisotopic (exact) mass is 265 g/mol. The number of amides is 1. The number of carbonyl (C=O) groups excluding carboxylic acids is 1. The van der Waals surface area contributed by atoms with Crippen LogP contribution in [0.5, 0.6) is 0 Å². The van der Waals surface area contributed by atoms with Gasteiger partial charge in [0.1, 0.15) is 5.82 Å². The number of primary amides is 1. The number of pyridine rings is 1. The van der Waals surface area contributed by atoms with Gasteiger partial charge >= 0.3 is 5.97 Å². The number of carboxylic acids is 1. The largest absolute Gasteiger partial charge is 0.479 e. The lowest BCUT2D eigenvalue weighted by atomic mass is 10.2. The number of hydrogen-bond acceptors (Lipinski definition) is 5. The summed E-state index contributed by atoms with van der Waals surface area (Å²) in [5.74, 6) is -0.941. The average molecular weight is 265 g/mol.